The molecule has 0 saturated carbocycles. The standard InChI is InChI=1S/C9H4N2O2/c10-4-7-1-8(5-11)3-9(2-7)13-6-12/h1-3,6H. The Bertz CT molecular complexity index is 380. The molecule has 62 valence electrons. The third kappa shape index (κ3) is 2.05. The Morgan fingerprint density at radius 1 is 1.15 bits per heavy atom. The number of ether oxygens (including phenoxy) is 1. The lowest BCUT2D eigenvalue weighted by Gasteiger charge is -1.97. The highest BCUT2D eigenvalue weighted by Crippen LogP contribution is 2.15. The van der Waals surface area contributed by atoms with E-state index in [2.05, 4.69) is 4.74 Å². The number of benzene rings is 1. The van der Waals surface area contributed by atoms with Crippen LogP contribution in [0.3, 0.4) is 0 Å². The number of hydrogen-bond acceptors (Lipinski definition) is 4. The van der Waals surface area contributed by atoms with E-state index in [1.165, 1.54) is 18.2 Å². The van der Waals surface area contributed by atoms with E-state index in [0.717, 1.165) is 0 Å². The average molecular weight is 172 g/mol. The highest BCUT2D eigenvalue weighted by Gasteiger charge is 2.00. The Hall–Kier alpha value is -2.33. The van der Waals surface area contributed by atoms with Crippen LogP contribution in [0.15, 0.2) is 18.2 Å². The molecule has 1 rings (SSSR count). The molecular weight excluding hydrogens is 168 g/mol. The SMILES string of the molecule is N#Cc1cc(C#N)cc(OC=O)c1. The Morgan fingerprint density at radius 2 is 1.69 bits per heavy atom. The lowest BCUT2D eigenvalue weighted by atomic mass is 10.1. The van der Waals surface area contributed by atoms with Gasteiger partial charge in [0.1, 0.15) is 5.75 Å². The van der Waals surface area contributed by atoms with Gasteiger partial charge in [-0.3, -0.25) is 4.79 Å². The fourth-order valence-corrected chi connectivity index (χ4v) is 0.852. The summed E-state index contributed by atoms with van der Waals surface area (Å²) >= 11 is 0. The fourth-order valence-electron chi connectivity index (χ4n) is 0.852. The van der Waals surface area contributed by atoms with Crippen molar-refractivity contribution in [1.82, 2.24) is 0 Å². The Kier molecular flexibility index (Phi) is 2.62. The van der Waals surface area contributed by atoms with Crippen LogP contribution in [-0.4, -0.2) is 6.47 Å². The maximum Gasteiger partial charge on any atom is 0.298 e. The van der Waals surface area contributed by atoms with E-state index >= 15 is 0 Å². The second-order valence-corrected chi connectivity index (χ2v) is 2.18. The number of hydrogen-bond donors (Lipinski definition) is 0. The number of nitriles is 2. The molecule has 0 atom stereocenters. The van der Waals surface area contributed by atoms with E-state index in [1.807, 2.05) is 12.1 Å². The van der Waals surface area contributed by atoms with Crippen LogP contribution >= 0.6 is 0 Å². The van der Waals surface area contributed by atoms with Crippen molar-refractivity contribution < 1.29 is 9.53 Å². The van der Waals surface area contributed by atoms with Crippen LogP contribution in [0.25, 0.3) is 0 Å². The number of rotatable bonds is 2. The monoisotopic (exact) mass is 172 g/mol. The van der Waals surface area contributed by atoms with Gasteiger partial charge in [-0.25, -0.2) is 0 Å². The molecule has 13 heavy (non-hydrogen) atoms. The van der Waals surface area contributed by atoms with E-state index < -0.39 is 0 Å². The molecule has 0 unspecified atom stereocenters. The van der Waals surface area contributed by atoms with Crippen LogP contribution < -0.4 is 4.74 Å². The molecule has 0 radical (unpaired) electrons. The highest BCUT2D eigenvalue weighted by molar-refractivity contribution is 5.51. The van der Waals surface area contributed by atoms with Gasteiger partial charge in [-0.2, -0.15) is 10.5 Å². The molecule has 0 aliphatic carbocycles. The summed E-state index contributed by atoms with van der Waals surface area (Å²) in [6, 6.07) is 7.89. The lowest BCUT2D eigenvalue weighted by molar-refractivity contribution is -0.120. The van der Waals surface area contributed by atoms with Crippen LogP contribution in [0.1, 0.15) is 11.1 Å². The minimum atomic E-state index is 0.200. The van der Waals surface area contributed by atoms with Crippen molar-refractivity contribution in [2.45, 2.75) is 0 Å². The van der Waals surface area contributed by atoms with Gasteiger partial charge < -0.3 is 4.74 Å². The predicted molar refractivity (Wildman–Crippen MR) is 42.6 cm³/mol. The van der Waals surface area contributed by atoms with Crippen molar-refractivity contribution in [3.05, 3.63) is 29.3 Å². The maximum atomic E-state index is 9.99. The summed E-state index contributed by atoms with van der Waals surface area (Å²) < 4.78 is 4.51. The molecule has 0 aliphatic heterocycles. The van der Waals surface area contributed by atoms with E-state index in [0.29, 0.717) is 0 Å². The molecule has 0 saturated heterocycles. The zero-order valence-corrected chi connectivity index (χ0v) is 6.52. The Morgan fingerprint density at radius 3 is 2.08 bits per heavy atom. The van der Waals surface area contributed by atoms with Crippen LogP contribution in [0, 0.1) is 22.7 Å². The van der Waals surface area contributed by atoms with Crippen molar-refractivity contribution in [3.8, 4) is 17.9 Å². The largest absolute Gasteiger partial charge is 0.429 e. The minimum Gasteiger partial charge on any atom is -0.429 e. The van der Waals surface area contributed by atoms with Crippen molar-refractivity contribution in [2.24, 2.45) is 0 Å². The van der Waals surface area contributed by atoms with E-state index in [1.54, 1.807) is 0 Å². The summed E-state index contributed by atoms with van der Waals surface area (Å²) in [4.78, 5) is 9.99. The topological polar surface area (TPSA) is 73.9 Å². The number of carbonyl (C=O) groups is 1. The number of nitrogens with zero attached hydrogens (tertiary/aromatic N) is 2. The first-order valence-electron chi connectivity index (χ1n) is 3.35. The summed E-state index contributed by atoms with van der Waals surface area (Å²) in [6.07, 6.45) is 0. The second kappa shape index (κ2) is 3.89. The first kappa shape index (κ1) is 8.76. The molecule has 0 N–H and O–H groups in total. The molecule has 0 spiro atoms. The van der Waals surface area contributed by atoms with Crippen LogP contribution in [-0.2, 0) is 4.79 Å². The van der Waals surface area contributed by atoms with Crippen molar-refractivity contribution in [1.29, 1.82) is 10.5 Å². The summed E-state index contributed by atoms with van der Waals surface area (Å²) in [5, 5.41) is 17.1. The fraction of sp³-hybridized carbons (Fsp3) is 0. The van der Waals surface area contributed by atoms with Crippen LogP contribution in [0.5, 0.6) is 5.75 Å². The normalized spacial score (nSPS) is 8.15. The predicted octanol–water partition coefficient (Wildman–Crippen LogP) is 0.965. The summed E-state index contributed by atoms with van der Waals surface area (Å²) in [7, 11) is 0. The average Bonchev–Trinajstić information content (AvgIpc) is 2.17. The molecule has 0 heterocycles. The number of carbonyl (C=O) groups excluding carboxylic acids is 1. The molecule has 1 aromatic rings. The van der Waals surface area contributed by atoms with Gasteiger partial charge >= 0.3 is 0 Å². The molecule has 0 aliphatic rings. The van der Waals surface area contributed by atoms with Crippen molar-refractivity contribution in [3.63, 3.8) is 0 Å². The van der Waals surface area contributed by atoms with Gasteiger partial charge in [-0.1, -0.05) is 0 Å². The summed E-state index contributed by atoms with van der Waals surface area (Å²) in [5.74, 6) is 0.200. The highest BCUT2D eigenvalue weighted by atomic mass is 16.5. The Labute approximate surface area is 74.6 Å². The maximum absolute atomic E-state index is 9.99. The molecule has 1 aromatic carbocycles. The molecule has 0 aromatic heterocycles. The van der Waals surface area contributed by atoms with Gasteiger partial charge in [-0.15, -0.1) is 0 Å². The van der Waals surface area contributed by atoms with Gasteiger partial charge in [-0.05, 0) is 18.2 Å². The van der Waals surface area contributed by atoms with E-state index in [4.69, 9.17) is 10.5 Å². The third-order valence-electron chi connectivity index (χ3n) is 1.35. The van der Waals surface area contributed by atoms with Crippen LogP contribution in [0.4, 0.5) is 0 Å². The molecule has 0 amide bonds. The second-order valence-electron chi connectivity index (χ2n) is 2.18. The third-order valence-corrected chi connectivity index (χ3v) is 1.35. The van der Waals surface area contributed by atoms with Crippen LogP contribution in [0.2, 0.25) is 0 Å². The quantitative estimate of drug-likeness (QED) is 0.623. The first-order chi connectivity index (χ1) is 6.30. The zero-order chi connectivity index (χ0) is 9.68. The molecule has 0 fully saturated rings. The van der Waals surface area contributed by atoms with Gasteiger partial charge in [0.05, 0.1) is 23.3 Å². The summed E-state index contributed by atoms with van der Waals surface area (Å²) in [5.41, 5.74) is 0.576. The lowest BCUT2D eigenvalue weighted by Crippen LogP contribution is -1.90. The van der Waals surface area contributed by atoms with Gasteiger partial charge in [0, 0.05) is 0 Å². The van der Waals surface area contributed by atoms with Crippen molar-refractivity contribution in [2.75, 3.05) is 0 Å². The Balaban J connectivity index is 3.18. The minimum absolute atomic E-state index is 0.200. The van der Waals surface area contributed by atoms with Gasteiger partial charge in [0.25, 0.3) is 6.47 Å². The van der Waals surface area contributed by atoms with E-state index in [9.17, 15) is 4.79 Å². The molecule has 4 nitrogen and oxygen atoms in total. The summed E-state index contributed by atoms with van der Waals surface area (Å²) in [6.45, 7) is 0.248. The van der Waals surface area contributed by atoms with E-state index in [-0.39, 0.29) is 23.3 Å². The van der Waals surface area contributed by atoms with Gasteiger partial charge in [0.15, 0.2) is 0 Å². The van der Waals surface area contributed by atoms with Crippen molar-refractivity contribution >= 4 is 6.47 Å². The van der Waals surface area contributed by atoms with Gasteiger partial charge in [0.2, 0.25) is 0 Å². The molecular formula is C9H4N2O2. The first-order valence-corrected chi connectivity index (χ1v) is 3.35. The molecule has 4 heteroatoms. The zero-order valence-electron chi connectivity index (χ0n) is 6.52. The molecule has 0 bridgehead atoms. The smallest absolute Gasteiger partial charge is 0.298 e.